The highest BCUT2D eigenvalue weighted by molar-refractivity contribution is 5.89. The van der Waals surface area contributed by atoms with Crippen molar-refractivity contribution in [1.29, 1.82) is 5.26 Å². The third-order valence-corrected chi connectivity index (χ3v) is 4.43. The lowest BCUT2D eigenvalue weighted by Crippen LogP contribution is -2.32. The molecule has 0 aliphatic rings. The van der Waals surface area contributed by atoms with Gasteiger partial charge in [0.15, 0.2) is 0 Å². The van der Waals surface area contributed by atoms with Crippen molar-refractivity contribution in [1.82, 2.24) is 10.3 Å². The van der Waals surface area contributed by atoms with Gasteiger partial charge in [0.05, 0.1) is 18.7 Å². The Bertz CT molecular complexity index is 925. The Morgan fingerprint density at radius 2 is 2.04 bits per heavy atom. The molecule has 1 atom stereocenters. The molecule has 0 fully saturated rings. The van der Waals surface area contributed by atoms with Crippen LogP contribution in [-0.4, -0.2) is 24.5 Å². The first-order valence-electron chi connectivity index (χ1n) is 8.57. The van der Waals surface area contributed by atoms with Gasteiger partial charge in [0.2, 0.25) is 5.91 Å². The molecular formula is C21H21N3O2. The zero-order valence-electron chi connectivity index (χ0n) is 14.7. The average Bonchev–Trinajstić information content (AvgIpc) is 3.09. The van der Waals surface area contributed by atoms with Crippen molar-refractivity contribution in [2.75, 3.05) is 13.7 Å². The average molecular weight is 347 g/mol. The molecule has 0 radical (unpaired) electrons. The quantitative estimate of drug-likeness (QED) is 0.689. The lowest BCUT2D eigenvalue weighted by atomic mass is 9.99. The zero-order valence-corrected chi connectivity index (χ0v) is 14.7. The minimum absolute atomic E-state index is 0.235. The predicted molar refractivity (Wildman–Crippen MR) is 101 cm³/mol. The summed E-state index contributed by atoms with van der Waals surface area (Å²) in [6.07, 6.45) is 2.95. The molecule has 0 unspecified atom stereocenters. The molecule has 0 saturated heterocycles. The molecule has 0 spiro atoms. The van der Waals surface area contributed by atoms with Gasteiger partial charge < -0.3 is 15.0 Å². The first-order chi connectivity index (χ1) is 12.7. The molecule has 1 heterocycles. The molecule has 5 nitrogen and oxygen atoms in total. The van der Waals surface area contributed by atoms with Gasteiger partial charge in [0.25, 0.3) is 0 Å². The molecule has 2 aromatic carbocycles. The molecular weight excluding hydrogens is 326 g/mol. The standard InChI is InChI=1S/C21H21N3O2/c1-26-19-9-5-8-18-17(14-24-20(18)19)12-16(13-22)21(25)23-11-10-15-6-3-2-4-7-15/h2-9,14,16,24H,10-12H2,1H3,(H,23,25)/t16-/m0/s1. The van der Waals surface area contributed by atoms with Gasteiger partial charge in [-0.25, -0.2) is 0 Å². The van der Waals surface area contributed by atoms with Gasteiger partial charge in [0.1, 0.15) is 11.7 Å². The van der Waals surface area contributed by atoms with Crippen LogP contribution in [0.5, 0.6) is 5.75 Å². The van der Waals surface area contributed by atoms with E-state index in [4.69, 9.17) is 4.74 Å². The van der Waals surface area contributed by atoms with E-state index in [0.717, 1.165) is 34.2 Å². The van der Waals surface area contributed by atoms with Gasteiger partial charge in [-0.1, -0.05) is 42.5 Å². The number of nitrogens with zero attached hydrogens (tertiary/aromatic N) is 1. The van der Waals surface area contributed by atoms with Gasteiger partial charge >= 0.3 is 0 Å². The Labute approximate surface area is 152 Å². The molecule has 3 rings (SSSR count). The number of carbonyl (C=O) groups excluding carboxylic acids is 1. The number of carbonyl (C=O) groups is 1. The van der Waals surface area contributed by atoms with Crippen LogP contribution in [0.3, 0.4) is 0 Å². The highest BCUT2D eigenvalue weighted by atomic mass is 16.5. The van der Waals surface area contributed by atoms with Gasteiger partial charge in [0, 0.05) is 18.1 Å². The fourth-order valence-electron chi connectivity index (χ4n) is 3.04. The van der Waals surface area contributed by atoms with E-state index >= 15 is 0 Å². The summed E-state index contributed by atoms with van der Waals surface area (Å²) in [5.74, 6) is -0.216. The summed E-state index contributed by atoms with van der Waals surface area (Å²) in [5.41, 5.74) is 2.97. The molecule has 0 aliphatic carbocycles. The number of para-hydroxylation sites is 1. The fraction of sp³-hybridized carbons (Fsp3) is 0.238. The number of nitrogens with one attached hydrogen (secondary N) is 2. The van der Waals surface area contributed by atoms with Gasteiger partial charge in [-0.3, -0.25) is 4.79 Å². The largest absolute Gasteiger partial charge is 0.495 e. The van der Waals surface area contributed by atoms with Crippen LogP contribution in [0.25, 0.3) is 10.9 Å². The van der Waals surface area contributed by atoms with Crippen molar-refractivity contribution >= 4 is 16.8 Å². The summed E-state index contributed by atoms with van der Waals surface area (Å²) in [4.78, 5) is 15.6. The number of benzene rings is 2. The molecule has 1 amide bonds. The van der Waals surface area contributed by atoms with Gasteiger partial charge in [-0.05, 0) is 30.0 Å². The number of methoxy groups -OCH3 is 1. The minimum Gasteiger partial charge on any atom is -0.495 e. The number of hydrogen-bond donors (Lipinski definition) is 2. The van der Waals surface area contributed by atoms with Crippen LogP contribution >= 0.6 is 0 Å². The second-order valence-corrected chi connectivity index (χ2v) is 6.11. The first kappa shape index (κ1) is 17.6. The van der Waals surface area contributed by atoms with Gasteiger partial charge in [-0.2, -0.15) is 5.26 Å². The fourth-order valence-corrected chi connectivity index (χ4v) is 3.04. The van der Waals surface area contributed by atoms with E-state index in [2.05, 4.69) is 16.4 Å². The SMILES string of the molecule is COc1cccc2c(C[C@@H](C#N)C(=O)NCCc3ccccc3)c[nH]c12. The van der Waals surface area contributed by atoms with Crippen molar-refractivity contribution in [3.05, 3.63) is 65.9 Å². The molecule has 0 saturated carbocycles. The smallest absolute Gasteiger partial charge is 0.237 e. The molecule has 1 aromatic heterocycles. The summed E-state index contributed by atoms with van der Waals surface area (Å²) < 4.78 is 5.34. The maximum absolute atomic E-state index is 12.4. The minimum atomic E-state index is -0.726. The number of rotatable bonds is 7. The number of aromatic amines is 1. The summed E-state index contributed by atoms with van der Waals surface area (Å²) in [6.45, 7) is 0.517. The first-order valence-corrected chi connectivity index (χ1v) is 8.57. The Morgan fingerprint density at radius 3 is 2.77 bits per heavy atom. The Morgan fingerprint density at radius 1 is 1.23 bits per heavy atom. The van der Waals surface area contributed by atoms with Crippen LogP contribution in [-0.2, 0) is 17.6 Å². The third-order valence-electron chi connectivity index (χ3n) is 4.43. The number of H-pyrrole nitrogens is 1. The topological polar surface area (TPSA) is 77.9 Å². The number of hydrogen-bond acceptors (Lipinski definition) is 3. The molecule has 26 heavy (non-hydrogen) atoms. The normalized spacial score (nSPS) is 11.7. The highest BCUT2D eigenvalue weighted by Gasteiger charge is 2.20. The van der Waals surface area contributed by atoms with Crippen molar-refractivity contribution in [3.63, 3.8) is 0 Å². The van der Waals surface area contributed by atoms with Crippen molar-refractivity contribution < 1.29 is 9.53 Å². The van der Waals surface area contributed by atoms with Crippen LogP contribution in [0.4, 0.5) is 0 Å². The maximum atomic E-state index is 12.4. The number of nitriles is 1. The highest BCUT2D eigenvalue weighted by Crippen LogP contribution is 2.28. The molecule has 2 N–H and O–H groups in total. The molecule has 5 heteroatoms. The second-order valence-electron chi connectivity index (χ2n) is 6.11. The zero-order chi connectivity index (χ0) is 18.4. The number of ether oxygens (including phenoxy) is 1. The lowest BCUT2D eigenvalue weighted by molar-refractivity contribution is -0.123. The van der Waals surface area contributed by atoms with Crippen LogP contribution in [0, 0.1) is 17.2 Å². The van der Waals surface area contributed by atoms with E-state index in [1.807, 2.05) is 54.7 Å². The predicted octanol–water partition coefficient (Wildman–Crippen LogP) is 3.22. The van der Waals surface area contributed by atoms with Crippen molar-refractivity contribution in [2.24, 2.45) is 5.92 Å². The Hall–Kier alpha value is -3.26. The summed E-state index contributed by atoms with van der Waals surface area (Å²) >= 11 is 0. The van der Waals surface area contributed by atoms with E-state index in [0.29, 0.717) is 13.0 Å². The van der Waals surface area contributed by atoms with Crippen LogP contribution in [0.1, 0.15) is 11.1 Å². The molecule has 132 valence electrons. The summed E-state index contributed by atoms with van der Waals surface area (Å²) in [5, 5.41) is 13.3. The van der Waals surface area contributed by atoms with Gasteiger partial charge in [-0.15, -0.1) is 0 Å². The lowest BCUT2D eigenvalue weighted by Gasteiger charge is -2.10. The summed E-state index contributed by atoms with van der Waals surface area (Å²) in [6, 6.07) is 17.8. The monoisotopic (exact) mass is 347 g/mol. The molecule has 0 aliphatic heterocycles. The van der Waals surface area contributed by atoms with Crippen molar-refractivity contribution in [3.8, 4) is 11.8 Å². The Kier molecular flexibility index (Phi) is 5.55. The Balaban J connectivity index is 1.64. The van der Waals surface area contributed by atoms with Crippen molar-refractivity contribution in [2.45, 2.75) is 12.8 Å². The second kappa shape index (κ2) is 8.21. The molecule has 0 bridgehead atoms. The maximum Gasteiger partial charge on any atom is 0.237 e. The van der Waals surface area contributed by atoms with E-state index in [1.54, 1.807) is 7.11 Å². The van der Waals surface area contributed by atoms with Crippen LogP contribution < -0.4 is 10.1 Å². The van der Waals surface area contributed by atoms with Crippen LogP contribution in [0.15, 0.2) is 54.7 Å². The van der Waals surface area contributed by atoms with E-state index in [-0.39, 0.29) is 5.91 Å². The van der Waals surface area contributed by atoms with E-state index in [9.17, 15) is 10.1 Å². The number of aromatic nitrogens is 1. The molecule has 3 aromatic rings. The number of fused-ring (bicyclic) bond motifs is 1. The van der Waals surface area contributed by atoms with E-state index < -0.39 is 5.92 Å². The summed E-state index contributed by atoms with van der Waals surface area (Å²) in [7, 11) is 1.62. The number of amides is 1. The van der Waals surface area contributed by atoms with Crippen LogP contribution in [0.2, 0.25) is 0 Å². The van der Waals surface area contributed by atoms with E-state index in [1.165, 1.54) is 0 Å². The third kappa shape index (κ3) is 3.86.